The number of methoxy groups -OCH3 is 1. The summed E-state index contributed by atoms with van der Waals surface area (Å²) in [6.45, 7) is 4.57. The first-order chi connectivity index (χ1) is 10.1. The van der Waals surface area contributed by atoms with Crippen LogP contribution >= 0.6 is 0 Å². The van der Waals surface area contributed by atoms with Gasteiger partial charge in [0.2, 0.25) is 0 Å². The van der Waals surface area contributed by atoms with Gasteiger partial charge in [0, 0.05) is 5.56 Å². The Balaban J connectivity index is 2.04. The number of benzene rings is 2. The van der Waals surface area contributed by atoms with Crippen molar-refractivity contribution in [2.75, 3.05) is 7.11 Å². The number of ether oxygens (including phenoxy) is 1. The molecule has 1 aromatic heterocycles. The van der Waals surface area contributed by atoms with Gasteiger partial charge in [0.15, 0.2) is 11.6 Å². The highest BCUT2D eigenvalue weighted by molar-refractivity contribution is 5.77. The summed E-state index contributed by atoms with van der Waals surface area (Å²) in [6.07, 6.45) is 1.75. The van der Waals surface area contributed by atoms with Crippen molar-refractivity contribution < 1.29 is 9.13 Å². The second-order valence-corrected chi connectivity index (χ2v) is 5.23. The van der Waals surface area contributed by atoms with E-state index in [0.29, 0.717) is 12.1 Å². The highest BCUT2D eigenvalue weighted by Crippen LogP contribution is 2.23. The molecule has 21 heavy (non-hydrogen) atoms. The maximum Gasteiger partial charge on any atom is 0.170 e. The standard InChI is InChI=1S/C17H17FN2O/c1-11-7-14-15(8-12(11)2)20(10-19-14)9-13-5-4-6-16(21-3)17(13)18/h4-8,10H,9H2,1-3H3. The molecule has 0 radical (unpaired) electrons. The Morgan fingerprint density at radius 3 is 2.71 bits per heavy atom. The predicted molar refractivity (Wildman–Crippen MR) is 81.3 cm³/mol. The topological polar surface area (TPSA) is 27.1 Å². The number of hydrogen-bond acceptors (Lipinski definition) is 2. The van der Waals surface area contributed by atoms with Gasteiger partial charge in [-0.3, -0.25) is 0 Å². The lowest BCUT2D eigenvalue weighted by Gasteiger charge is -2.09. The zero-order chi connectivity index (χ0) is 15.0. The Morgan fingerprint density at radius 1 is 1.19 bits per heavy atom. The van der Waals surface area contributed by atoms with Crippen molar-refractivity contribution in [1.29, 1.82) is 0 Å². The third kappa shape index (κ3) is 2.37. The van der Waals surface area contributed by atoms with Crippen molar-refractivity contribution in [3.8, 4) is 5.75 Å². The van der Waals surface area contributed by atoms with Crippen molar-refractivity contribution in [1.82, 2.24) is 9.55 Å². The fourth-order valence-electron chi connectivity index (χ4n) is 2.46. The molecule has 0 aliphatic heterocycles. The predicted octanol–water partition coefficient (Wildman–Crippen LogP) is 3.85. The summed E-state index contributed by atoms with van der Waals surface area (Å²) in [7, 11) is 1.47. The third-order valence-corrected chi connectivity index (χ3v) is 3.84. The van der Waals surface area contributed by atoms with E-state index in [1.165, 1.54) is 18.2 Å². The Morgan fingerprint density at radius 2 is 1.95 bits per heavy atom. The van der Waals surface area contributed by atoms with E-state index in [-0.39, 0.29) is 11.6 Å². The minimum Gasteiger partial charge on any atom is -0.494 e. The summed E-state index contributed by atoms with van der Waals surface area (Å²) in [4.78, 5) is 4.40. The second kappa shape index (κ2) is 5.20. The molecule has 0 bridgehead atoms. The first kappa shape index (κ1) is 13.6. The zero-order valence-corrected chi connectivity index (χ0v) is 12.4. The van der Waals surface area contributed by atoms with Gasteiger partial charge in [0.25, 0.3) is 0 Å². The van der Waals surface area contributed by atoms with Crippen LogP contribution in [0.5, 0.6) is 5.75 Å². The van der Waals surface area contributed by atoms with Gasteiger partial charge >= 0.3 is 0 Å². The van der Waals surface area contributed by atoms with E-state index in [1.54, 1.807) is 24.5 Å². The van der Waals surface area contributed by atoms with E-state index in [9.17, 15) is 4.39 Å². The number of aryl methyl sites for hydroxylation is 2. The zero-order valence-electron chi connectivity index (χ0n) is 12.4. The number of halogens is 1. The third-order valence-electron chi connectivity index (χ3n) is 3.84. The molecule has 1 heterocycles. The molecule has 3 rings (SSSR count). The Bertz CT molecular complexity index is 808. The van der Waals surface area contributed by atoms with Gasteiger partial charge in [-0.15, -0.1) is 0 Å². The average molecular weight is 284 g/mol. The van der Waals surface area contributed by atoms with Crippen LogP contribution in [0, 0.1) is 19.7 Å². The molecule has 0 N–H and O–H groups in total. The van der Waals surface area contributed by atoms with Gasteiger partial charge in [-0.1, -0.05) is 12.1 Å². The summed E-state index contributed by atoms with van der Waals surface area (Å²) in [5.74, 6) is -0.0466. The lowest BCUT2D eigenvalue weighted by molar-refractivity contribution is 0.383. The molecule has 108 valence electrons. The molecular weight excluding hydrogens is 267 g/mol. The molecule has 3 nitrogen and oxygen atoms in total. The van der Waals surface area contributed by atoms with Crippen LogP contribution in [0.25, 0.3) is 11.0 Å². The smallest absolute Gasteiger partial charge is 0.170 e. The van der Waals surface area contributed by atoms with Crippen LogP contribution in [0.2, 0.25) is 0 Å². The molecule has 0 atom stereocenters. The summed E-state index contributed by atoms with van der Waals surface area (Å²) in [5, 5.41) is 0. The van der Waals surface area contributed by atoms with Crippen molar-refractivity contribution in [3.63, 3.8) is 0 Å². The van der Waals surface area contributed by atoms with Crippen molar-refractivity contribution in [2.24, 2.45) is 0 Å². The molecule has 0 saturated heterocycles. The van der Waals surface area contributed by atoms with Crippen LogP contribution in [0.3, 0.4) is 0 Å². The Kier molecular flexibility index (Phi) is 3.37. The van der Waals surface area contributed by atoms with Gasteiger partial charge in [0.1, 0.15) is 0 Å². The molecule has 3 aromatic rings. The second-order valence-electron chi connectivity index (χ2n) is 5.23. The monoisotopic (exact) mass is 284 g/mol. The summed E-state index contributed by atoms with van der Waals surface area (Å²) in [6, 6.07) is 9.34. The lowest BCUT2D eigenvalue weighted by Crippen LogP contribution is -2.02. The summed E-state index contributed by atoms with van der Waals surface area (Å²) >= 11 is 0. The van der Waals surface area contributed by atoms with Gasteiger partial charge in [-0.05, 0) is 43.2 Å². The van der Waals surface area contributed by atoms with Crippen LogP contribution < -0.4 is 4.74 Å². The number of aromatic nitrogens is 2. The normalized spacial score (nSPS) is 11.0. The average Bonchev–Trinajstić information content (AvgIpc) is 2.84. The maximum atomic E-state index is 14.2. The molecule has 0 saturated carbocycles. The van der Waals surface area contributed by atoms with Gasteiger partial charge in [-0.2, -0.15) is 0 Å². The molecule has 0 spiro atoms. The Hall–Kier alpha value is -2.36. The molecule has 0 amide bonds. The lowest BCUT2D eigenvalue weighted by atomic mass is 10.1. The highest BCUT2D eigenvalue weighted by Gasteiger charge is 2.11. The molecule has 0 aliphatic carbocycles. The van der Waals surface area contributed by atoms with Crippen molar-refractivity contribution in [3.05, 3.63) is 59.2 Å². The molecule has 0 unspecified atom stereocenters. The first-order valence-corrected chi connectivity index (χ1v) is 6.83. The first-order valence-electron chi connectivity index (χ1n) is 6.83. The van der Waals surface area contributed by atoms with Crippen LogP contribution in [-0.4, -0.2) is 16.7 Å². The van der Waals surface area contributed by atoms with Crippen molar-refractivity contribution in [2.45, 2.75) is 20.4 Å². The van der Waals surface area contributed by atoms with Gasteiger partial charge in [-0.25, -0.2) is 9.37 Å². The number of hydrogen-bond donors (Lipinski definition) is 0. The number of rotatable bonds is 3. The minimum atomic E-state index is -0.314. The van der Waals surface area contributed by atoms with E-state index < -0.39 is 0 Å². The molecule has 2 aromatic carbocycles. The molecule has 0 fully saturated rings. The van der Waals surface area contributed by atoms with E-state index in [1.807, 2.05) is 4.57 Å². The SMILES string of the molecule is COc1cccc(Cn2cnc3cc(C)c(C)cc32)c1F. The van der Waals surface area contributed by atoms with Gasteiger partial charge < -0.3 is 9.30 Å². The largest absolute Gasteiger partial charge is 0.494 e. The van der Waals surface area contributed by atoms with Crippen molar-refractivity contribution >= 4 is 11.0 Å². The molecule has 0 aliphatic rings. The maximum absolute atomic E-state index is 14.2. The minimum absolute atomic E-state index is 0.268. The van der Waals surface area contributed by atoms with E-state index in [2.05, 4.69) is 31.0 Å². The summed E-state index contributed by atoms with van der Waals surface area (Å²) in [5.41, 5.74) is 4.95. The van der Waals surface area contributed by atoms with Crippen LogP contribution in [0.15, 0.2) is 36.7 Å². The number of nitrogens with zero attached hydrogens (tertiary/aromatic N) is 2. The molecular formula is C17H17FN2O. The van der Waals surface area contributed by atoms with E-state index >= 15 is 0 Å². The van der Waals surface area contributed by atoms with Crippen LogP contribution in [-0.2, 0) is 6.54 Å². The van der Waals surface area contributed by atoms with Crippen LogP contribution in [0.1, 0.15) is 16.7 Å². The summed E-state index contributed by atoms with van der Waals surface area (Å²) < 4.78 is 21.2. The van der Waals surface area contributed by atoms with Crippen LogP contribution in [0.4, 0.5) is 4.39 Å². The highest BCUT2D eigenvalue weighted by atomic mass is 19.1. The molecule has 4 heteroatoms. The number of imidazole rings is 1. The number of fused-ring (bicyclic) bond motifs is 1. The van der Waals surface area contributed by atoms with E-state index in [0.717, 1.165) is 11.0 Å². The fourth-order valence-corrected chi connectivity index (χ4v) is 2.46. The fraction of sp³-hybridized carbons (Fsp3) is 0.235. The quantitative estimate of drug-likeness (QED) is 0.730. The Labute approximate surface area is 123 Å². The van der Waals surface area contributed by atoms with Gasteiger partial charge in [0.05, 0.1) is 31.0 Å². The van der Waals surface area contributed by atoms with E-state index in [4.69, 9.17) is 4.74 Å².